The highest BCUT2D eigenvalue weighted by molar-refractivity contribution is 5.81. The molecule has 2 fully saturated rings. The van der Waals surface area contributed by atoms with Crippen LogP contribution in [0.5, 0.6) is 0 Å². The average molecular weight is 372 g/mol. The van der Waals surface area contributed by atoms with E-state index in [9.17, 15) is 9.50 Å². The number of hydrogen-bond acceptors (Lipinski definition) is 5. The monoisotopic (exact) mass is 372 g/mol. The molecule has 0 unspecified atom stereocenters. The molecule has 2 aliphatic rings. The molecule has 2 aromatic rings. The molecule has 1 aliphatic heterocycles. The third-order valence-electron chi connectivity index (χ3n) is 6.02. The molecule has 27 heavy (non-hydrogen) atoms. The summed E-state index contributed by atoms with van der Waals surface area (Å²) in [6.07, 6.45) is 7.22. The highest BCUT2D eigenvalue weighted by Gasteiger charge is 2.24. The van der Waals surface area contributed by atoms with Crippen molar-refractivity contribution in [2.75, 3.05) is 18.0 Å². The van der Waals surface area contributed by atoms with Crippen LogP contribution >= 0.6 is 0 Å². The fraction of sp³-hybridized carbons (Fsp3) is 0.619. The van der Waals surface area contributed by atoms with Gasteiger partial charge in [0.25, 0.3) is 0 Å². The van der Waals surface area contributed by atoms with E-state index < -0.39 is 0 Å². The topological polar surface area (TPSA) is 61.3 Å². The van der Waals surface area contributed by atoms with E-state index in [-0.39, 0.29) is 11.9 Å². The van der Waals surface area contributed by atoms with E-state index in [1.54, 1.807) is 6.07 Å². The van der Waals surface area contributed by atoms with Crippen LogP contribution < -0.4 is 10.2 Å². The third kappa shape index (κ3) is 4.38. The molecule has 0 spiro atoms. The van der Waals surface area contributed by atoms with Gasteiger partial charge in [0, 0.05) is 30.6 Å². The molecule has 6 heteroatoms. The van der Waals surface area contributed by atoms with Gasteiger partial charge in [-0.25, -0.2) is 14.4 Å². The van der Waals surface area contributed by atoms with Gasteiger partial charge in [0.2, 0.25) is 5.95 Å². The number of aromatic nitrogens is 2. The summed E-state index contributed by atoms with van der Waals surface area (Å²) in [5.74, 6) is 0.508. The first-order valence-electron chi connectivity index (χ1n) is 10.2. The zero-order valence-electron chi connectivity index (χ0n) is 16.0. The predicted octanol–water partition coefficient (Wildman–Crippen LogP) is 3.33. The Bertz CT molecular complexity index is 791. The van der Waals surface area contributed by atoms with Gasteiger partial charge in [0.05, 0.1) is 17.3 Å². The Hall–Kier alpha value is -1.79. The van der Waals surface area contributed by atoms with Crippen molar-refractivity contribution in [1.29, 1.82) is 0 Å². The molecule has 0 amide bonds. The SMILES string of the molecule is Cc1nc(N2CCC[C@H](NC3CCC(O)CC3)CC2)nc2ccc(F)cc12. The molecular formula is C21H29FN4O. The average Bonchev–Trinajstić information content (AvgIpc) is 2.90. The number of hydrogen-bond donors (Lipinski definition) is 2. The number of aliphatic hydroxyl groups excluding tert-OH is 1. The largest absolute Gasteiger partial charge is 0.393 e. The third-order valence-corrected chi connectivity index (χ3v) is 6.02. The lowest BCUT2D eigenvalue weighted by molar-refractivity contribution is 0.113. The summed E-state index contributed by atoms with van der Waals surface area (Å²) in [7, 11) is 0. The molecule has 2 heterocycles. The molecular weight excluding hydrogens is 343 g/mol. The zero-order valence-corrected chi connectivity index (χ0v) is 16.0. The summed E-state index contributed by atoms with van der Waals surface area (Å²) >= 11 is 0. The maximum absolute atomic E-state index is 13.5. The van der Waals surface area contributed by atoms with Crippen molar-refractivity contribution in [3.63, 3.8) is 0 Å². The van der Waals surface area contributed by atoms with E-state index in [1.807, 2.05) is 6.92 Å². The van der Waals surface area contributed by atoms with Gasteiger partial charge < -0.3 is 15.3 Å². The summed E-state index contributed by atoms with van der Waals surface area (Å²) in [4.78, 5) is 11.6. The van der Waals surface area contributed by atoms with Crippen LogP contribution in [0.15, 0.2) is 18.2 Å². The minimum Gasteiger partial charge on any atom is -0.393 e. The van der Waals surface area contributed by atoms with Crippen molar-refractivity contribution in [3.05, 3.63) is 29.7 Å². The Morgan fingerprint density at radius 3 is 2.63 bits per heavy atom. The number of aliphatic hydroxyl groups is 1. The van der Waals surface area contributed by atoms with Crippen LogP contribution in [0.3, 0.4) is 0 Å². The van der Waals surface area contributed by atoms with Crippen LogP contribution in [-0.4, -0.2) is 46.4 Å². The van der Waals surface area contributed by atoms with Crippen LogP contribution in [0.25, 0.3) is 10.9 Å². The van der Waals surface area contributed by atoms with Gasteiger partial charge in [-0.05, 0) is 70.1 Å². The second-order valence-electron chi connectivity index (χ2n) is 8.06. The Balaban J connectivity index is 1.42. The molecule has 4 rings (SSSR count). The molecule has 2 N–H and O–H groups in total. The lowest BCUT2D eigenvalue weighted by Gasteiger charge is -2.30. The van der Waals surface area contributed by atoms with Crippen molar-refractivity contribution in [1.82, 2.24) is 15.3 Å². The predicted molar refractivity (Wildman–Crippen MR) is 105 cm³/mol. The summed E-state index contributed by atoms with van der Waals surface area (Å²) in [6, 6.07) is 5.77. The van der Waals surface area contributed by atoms with Crippen molar-refractivity contribution < 1.29 is 9.50 Å². The molecule has 146 valence electrons. The van der Waals surface area contributed by atoms with Crippen LogP contribution in [-0.2, 0) is 0 Å². The molecule has 5 nitrogen and oxygen atoms in total. The number of benzene rings is 1. The fourth-order valence-corrected chi connectivity index (χ4v) is 4.42. The number of rotatable bonds is 3. The standard InChI is InChI=1S/C21H29FN4O/c1-14-19-13-15(22)4-9-20(19)25-21(23-14)26-11-2-3-16(10-12-26)24-17-5-7-18(27)8-6-17/h4,9,13,16-18,24,27H,2-3,5-8,10-12H2,1H3/t16-,17?,18?/m0/s1. The lowest BCUT2D eigenvalue weighted by Crippen LogP contribution is -2.41. The van der Waals surface area contributed by atoms with Crippen LogP contribution in [0.2, 0.25) is 0 Å². The van der Waals surface area contributed by atoms with E-state index >= 15 is 0 Å². The Kier molecular flexibility index (Phi) is 5.55. The molecule has 0 bridgehead atoms. The van der Waals surface area contributed by atoms with Gasteiger partial charge in [-0.1, -0.05) is 0 Å². The lowest BCUT2D eigenvalue weighted by atomic mass is 9.92. The first kappa shape index (κ1) is 18.6. The number of nitrogens with one attached hydrogen (secondary N) is 1. The molecule has 1 atom stereocenters. The van der Waals surface area contributed by atoms with Crippen LogP contribution in [0.1, 0.15) is 50.6 Å². The smallest absolute Gasteiger partial charge is 0.226 e. The minimum absolute atomic E-state index is 0.102. The molecule has 1 aliphatic carbocycles. The Morgan fingerprint density at radius 1 is 1.04 bits per heavy atom. The van der Waals surface area contributed by atoms with E-state index in [1.165, 1.54) is 12.1 Å². The zero-order chi connectivity index (χ0) is 18.8. The number of fused-ring (bicyclic) bond motifs is 1. The highest BCUT2D eigenvalue weighted by atomic mass is 19.1. The maximum Gasteiger partial charge on any atom is 0.226 e. The molecule has 1 aromatic heterocycles. The number of aryl methyl sites for hydroxylation is 1. The summed E-state index contributed by atoms with van der Waals surface area (Å²) in [5.41, 5.74) is 1.63. The fourth-order valence-electron chi connectivity index (χ4n) is 4.42. The van der Waals surface area contributed by atoms with Crippen LogP contribution in [0, 0.1) is 12.7 Å². The van der Waals surface area contributed by atoms with Gasteiger partial charge in [-0.2, -0.15) is 0 Å². The first-order valence-corrected chi connectivity index (χ1v) is 10.2. The normalized spacial score (nSPS) is 26.9. The second kappa shape index (κ2) is 8.07. The van der Waals surface area contributed by atoms with Gasteiger partial charge in [0.15, 0.2) is 0 Å². The molecule has 1 aromatic carbocycles. The summed E-state index contributed by atoms with van der Waals surface area (Å²) in [5, 5.41) is 14.3. The Morgan fingerprint density at radius 2 is 1.81 bits per heavy atom. The van der Waals surface area contributed by atoms with Gasteiger partial charge in [0.1, 0.15) is 5.82 Å². The van der Waals surface area contributed by atoms with Crippen molar-refractivity contribution in [3.8, 4) is 0 Å². The van der Waals surface area contributed by atoms with E-state index in [4.69, 9.17) is 4.98 Å². The number of nitrogens with zero attached hydrogens (tertiary/aromatic N) is 3. The minimum atomic E-state index is -0.249. The highest BCUT2D eigenvalue weighted by Crippen LogP contribution is 2.24. The van der Waals surface area contributed by atoms with E-state index in [2.05, 4.69) is 15.2 Å². The maximum atomic E-state index is 13.5. The van der Waals surface area contributed by atoms with Crippen molar-refractivity contribution >= 4 is 16.9 Å². The summed E-state index contributed by atoms with van der Waals surface area (Å²) in [6.45, 7) is 3.81. The van der Waals surface area contributed by atoms with Gasteiger partial charge in [-0.3, -0.25) is 0 Å². The molecule has 1 saturated heterocycles. The Labute approximate surface area is 160 Å². The number of halogens is 1. The van der Waals surface area contributed by atoms with Crippen LogP contribution in [0.4, 0.5) is 10.3 Å². The van der Waals surface area contributed by atoms with Gasteiger partial charge in [-0.15, -0.1) is 0 Å². The van der Waals surface area contributed by atoms with Crippen molar-refractivity contribution in [2.24, 2.45) is 0 Å². The second-order valence-corrected chi connectivity index (χ2v) is 8.06. The van der Waals surface area contributed by atoms with E-state index in [0.29, 0.717) is 12.1 Å². The van der Waals surface area contributed by atoms with Crippen molar-refractivity contribution in [2.45, 2.75) is 70.1 Å². The molecule has 1 saturated carbocycles. The quantitative estimate of drug-likeness (QED) is 0.865. The number of anilines is 1. The summed E-state index contributed by atoms with van der Waals surface area (Å²) < 4.78 is 13.5. The van der Waals surface area contributed by atoms with E-state index in [0.717, 1.165) is 80.6 Å². The first-order chi connectivity index (χ1) is 13.1. The van der Waals surface area contributed by atoms with Gasteiger partial charge >= 0.3 is 0 Å². The molecule has 0 radical (unpaired) electrons.